The van der Waals surface area contributed by atoms with Gasteiger partial charge >= 0.3 is 11.9 Å². The fourth-order valence-corrected chi connectivity index (χ4v) is 2.86. The van der Waals surface area contributed by atoms with Crippen LogP contribution in [0.1, 0.15) is 12.8 Å². The van der Waals surface area contributed by atoms with Crippen molar-refractivity contribution in [2.45, 2.75) is 12.8 Å². The lowest BCUT2D eigenvalue weighted by Crippen LogP contribution is -2.68. The van der Waals surface area contributed by atoms with Crippen molar-refractivity contribution in [3.63, 3.8) is 0 Å². The summed E-state index contributed by atoms with van der Waals surface area (Å²) in [7, 11) is 0. The van der Waals surface area contributed by atoms with E-state index in [9.17, 15) is 0 Å². The molecule has 2 saturated heterocycles. The molecular weight excluding hydrogens is 214 g/mol. The second kappa shape index (κ2) is 3.71. The Morgan fingerprint density at radius 1 is 1.00 bits per heavy atom. The minimum Gasteiger partial charge on any atom is -0.473 e. The van der Waals surface area contributed by atoms with Crippen LogP contribution in [0.4, 0.5) is 0 Å². The Bertz CT molecular complexity index is 279. The molecule has 0 amide bonds. The van der Waals surface area contributed by atoms with E-state index in [0.717, 1.165) is 18.6 Å². The number of ether oxygens (including phenoxy) is 1. The highest BCUT2D eigenvalue weighted by atomic mass is 16.5. The lowest BCUT2D eigenvalue weighted by Gasteiger charge is -2.64. The molecule has 3 fully saturated rings. The number of aliphatic carboxylic acids is 2. The van der Waals surface area contributed by atoms with Crippen molar-refractivity contribution in [1.82, 2.24) is 5.32 Å². The summed E-state index contributed by atoms with van der Waals surface area (Å²) < 4.78 is 5.22. The maximum absolute atomic E-state index is 9.10. The maximum atomic E-state index is 9.10. The van der Waals surface area contributed by atoms with Gasteiger partial charge in [-0.3, -0.25) is 0 Å². The van der Waals surface area contributed by atoms with Gasteiger partial charge in [-0.1, -0.05) is 0 Å². The molecule has 90 valence electrons. The second-order valence-electron chi connectivity index (χ2n) is 5.06. The number of hydrogen-bond acceptors (Lipinski definition) is 4. The van der Waals surface area contributed by atoms with Crippen molar-refractivity contribution in [2.75, 3.05) is 26.3 Å². The van der Waals surface area contributed by atoms with Crippen LogP contribution in [0, 0.1) is 10.8 Å². The summed E-state index contributed by atoms with van der Waals surface area (Å²) in [5.74, 6) is -3.65. The molecule has 0 unspecified atom stereocenters. The van der Waals surface area contributed by atoms with Gasteiger partial charge in [0, 0.05) is 18.5 Å². The molecule has 1 saturated carbocycles. The Kier molecular flexibility index (Phi) is 2.63. The van der Waals surface area contributed by atoms with Gasteiger partial charge < -0.3 is 20.3 Å². The van der Waals surface area contributed by atoms with Gasteiger partial charge in [-0.05, 0) is 18.3 Å². The van der Waals surface area contributed by atoms with Gasteiger partial charge in [0.05, 0.1) is 13.2 Å². The van der Waals surface area contributed by atoms with Crippen LogP contribution < -0.4 is 5.32 Å². The number of rotatable bonds is 0. The van der Waals surface area contributed by atoms with Crippen molar-refractivity contribution in [2.24, 2.45) is 10.8 Å². The molecule has 0 bridgehead atoms. The summed E-state index contributed by atoms with van der Waals surface area (Å²) in [6.07, 6.45) is 2.88. The quantitative estimate of drug-likeness (QED) is 0.486. The van der Waals surface area contributed by atoms with Crippen LogP contribution in [0.15, 0.2) is 0 Å². The highest BCUT2D eigenvalue weighted by Crippen LogP contribution is 2.59. The van der Waals surface area contributed by atoms with E-state index in [1.807, 2.05) is 0 Å². The molecule has 6 heteroatoms. The zero-order valence-electron chi connectivity index (χ0n) is 8.86. The van der Waals surface area contributed by atoms with Crippen LogP contribution in [-0.4, -0.2) is 48.5 Å². The number of hydrogen-bond donors (Lipinski definition) is 3. The molecule has 16 heavy (non-hydrogen) atoms. The minimum absolute atomic E-state index is 0.669. The van der Waals surface area contributed by atoms with Gasteiger partial charge in [0.15, 0.2) is 0 Å². The molecule has 2 aliphatic heterocycles. The largest absolute Gasteiger partial charge is 0.473 e. The van der Waals surface area contributed by atoms with E-state index in [0.29, 0.717) is 5.41 Å². The first-order valence-corrected chi connectivity index (χ1v) is 5.22. The third kappa shape index (κ3) is 1.90. The van der Waals surface area contributed by atoms with Crippen LogP contribution in [0.3, 0.4) is 0 Å². The molecule has 0 atom stereocenters. The first-order chi connectivity index (χ1) is 7.47. The van der Waals surface area contributed by atoms with Gasteiger partial charge in [-0.2, -0.15) is 0 Å². The number of carbonyl (C=O) groups is 2. The number of carboxylic acid groups (broad SMARTS) is 2. The van der Waals surface area contributed by atoms with E-state index in [-0.39, 0.29) is 0 Å². The lowest BCUT2D eigenvalue weighted by molar-refractivity contribution is -0.223. The van der Waals surface area contributed by atoms with Crippen LogP contribution >= 0.6 is 0 Å². The first kappa shape index (κ1) is 11.3. The smallest absolute Gasteiger partial charge is 0.414 e. The minimum atomic E-state index is -1.82. The molecule has 2 heterocycles. The zero-order valence-corrected chi connectivity index (χ0v) is 8.86. The monoisotopic (exact) mass is 229 g/mol. The second-order valence-corrected chi connectivity index (χ2v) is 5.06. The van der Waals surface area contributed by atoms with Crippen LogP contribution in [0.5, 0.6) is 0 Å². The van der Waals surface area contributed by atoms with Gasteiger partial charge in [0.2, 0.25) is 0 Å². The average Bonchev–Trinajstić information content (AvgIpc) is 1.96. The van der Waals surface area contributed by atoms with Crippen LogP contribution in [-0.2, 0) is 14.3 Å². The van der Waals surface area contributed by atoms with E-state index < -0.39 is 11.9 Å². The Balaban J connectivity index is 0.000000142. The predicted octanol–water partition coefficient (Wildman–Crippen LogP) is -0.458. The van der Waals surface area contributed by atoms with E-state index >= 15 is 0 Å². The van der Waals surface area contributed by atoms with Gasteiger partial charge in [0.25, 0.3) is 0 Å². The van der Waals surface area contributed by atoms with Gasteiger partial charge in [-0.15, -0.1) is 0 Å². The fraction of sp³-hybridized carbons (Fsp3) is 0.800. The molecule has 3 N–H and O–H groups in total. The van der Waals surface area contributed by atoms with E-state index in [1.165, 1.54) is 25.9 Å². The lowest BCUT2D eigenvalue weighted by atomic mass is 9.49. The molecular formula is C10H15NO5. The van der Waals surface area contributed by atoms with Crippen molar-refractivity contribution in [3.8, 4) is 0 Å². The van der Waals surface area contributed by atoms with Gasteiger partial charge in [-0.25, -0.2) is 9.59 Å². The summed E-state index contributed by atoms with van der Waals surface area (Å²) in [5.41, 5.74) is 1.41. The van der Waals surface area contributed by atoms with Crippen molar-refractivity contribution < 1.29 is 24.5 Å². The third-order valence-corrected chi connectivity index (χ3v) is 3.50. The van der Waals surface area contributed by atoms with Crippen LogP contribution in [0.2, 0.25) is 0 Å². The molecule has 0 aromatic rings. The SMILES string of the molecule is C1NCC12CC1(COC1)C2.O=C(O)C(=O)O. The zero-order chi connectivity index (χ0) is 11.8. The average molecular weight is 229 g/mol. The molecule has 3 rings (SSSR count). The first-order valence-electron chi connectivity index (χ1n) is 5.22. The highest BCUT2D eigenvalue weighted by molar-refractivity contribution is 6.27. The summed E-state index contributed by atoms with van der Waals surface area (Å²) >= 11 is 0. The molecule has 1 aliphatic carbocycles. The van der Waals surface area contributed by atoms with Crippen LogP contribution in [0.25, 0.3) is 0 Å². The summed E-state index contributed by atoms with van der Waals surface area (Å²) in [6.45, 7) is 4.65. The van der Waals surface area contributed by atoms with E-state index in [1.54, 1.807) is 0 Å². The third-order valence-electron chi connectivity index (χ3n) is 3.50. The molecule has 0 aromatic heterocycles. The molecule has 0 aromatic carbocycles. The highest BCUT2D eigenvalue weighted by Gasteiger charge is 2.60. The van der Waals surface area contributed by atoms with Crippen molar-refractivity contribution in [1.29, 1.82) is 0 Å². The van der Waals surface area contributed by atoms with Gasteiger partial charge in [0.1, 0.15) is 0 Å². The van der Waals surface area contributed by atoms with Crippen molar-refractivity contribution >= 4 is 11.9 Å². The molecule has 0 radical (unpaired) electrons. The Hall–Kier alpha value is -1.14. The number of carboxylic acids is 2. The summed E-state index contributed by atoms with van der Waals surface area (Å²) in [5, 5.41) is 18.1. The normalized spacial score (nSPS) is 26.8. The molecule has 2 spiro atoms. The molecule has 3 aliphatic rings. The molecule has 6 nitrogen and oxygen atoms in total. The Morgan fingerprint density at radius 3 is 1.69 bits per heavy atom. The standard InChI is InChI=1S/C8H13NO.C2H2O4/c1-7(3-9-4-7)2-8(1)5-10-6-8;3-1(4)2(5)6/h9H,1-6H2;(H,3,4)(H,5,6). The van der Waals surface area contributed by atoms with E-state index in [4.69, 9.17) is 24.5 Å². The predicted molar refractivity (Wildman–Crippen MR) is 53.1 cm³/mol. The maximum Gasteiger partial charge on any atom is 0.414 e. The fourth-order valence-electron chi connectivity index (χ4n) is 2.86. The topological polar surface area (TPSA) is 95.9 Å². The number of nitrogens with one attached hydrogen (secondary N) is 1. The Labute approximate surface area is 92.6 Å². The van der Waals surface area contributed by atoms with E-state index in [2.05, 4.69) is 5.32 Å². The summed E-state index contributed by atoms with van der Waals surface area (Å²) in [6, 6.07) is 0. The summed E-state index contributed by atoms with van der Waals surface area (Å²) in [4.78, 5) is 18.2. The Morgan fingerprint density at radius 2 is 1.50 bits per heavy atom. The van der Waals surface area contributed by atoms with Crippen molar-refractivity contribution in [3.05, 3.63) is 0 Å².